The van der Waals surface area contributed by atoms with Crippen LogP contribution in [0.3, 0.4) is 0 Å². The lowest BCUT2D eigenvalue weighted by Gasteiger charge is -2.13. The summed E-state index contributed by atoms with van der Waals surface area (Å²) in [5.74, 6) is -0.301. The van der Waals surface area contributed by atoms with Crippen molar-refractivity contribution in [3.8, 4) is 11.1 Å². The number of rotatable bonds is 10. The molecule has 0 aliphatic carbocycles. The van der Waals surface area contributed by atoms with Crippen molar-refractivity contribution >= 4 is 24.4 Å². The number of carboxylic acid groups (broad SMARTS) is 1. The minimum atomic E-state index is -0.880. The lowest BCUT2D eigenvalue weighted by molar-refractivity contribution is -0.139. The summed E-state index contributed by atoms with van der Waals surface area (Å²) < 4.78 is 0. The molecule has 2 rings (SSSR count). The monoisotopic (exact) mass is 357 g/mol. The molecule has 0 saturated carbocycles. The largest absolute Gasteiger partial charge is 0.480 e. The molecule has 2 aromatic carbocycles. The molecule has 0 bridgehead atoms. The van der Waals surface area contributed by atoms with Crippen LogP contribution in [0.2, 0.25) is 0 Å². The highest BCUT2D eigenvalue weighted by Gasteiger charge is 2.16. The Balaban J connectivity index is 1.95. The number of benzene rings is 2. The van der Waals surface area contributed by atoms with Gasteiger partial charge in [-0.2, -0.15) is 12.6 Å². The molecule has 0 spiro atoms. The fraction of sp³-hybridized carbons (Fsp3) is 0.300. The highest BCUT2D eigenvalue weighted by molar-refractivity contribution is 7.80. The molecule has 25 heavy (non-hydrogen) atoms. The number of thiol groups is 1. The van der Waals surface area contributed by atoms with Crippen LogP contribution in [0, 0.1) is 0 Å². The molecule has 2 aromatic rings. The van der Waals surface area contributed by atoms with Gasteiger partial charge in [0.2, 0.25) is 0 Å². The predicted molar refractivity (Wildman–Crippen MR) is 103 cm³/mol. The van der Waals surface area contributed by atoms with Crippen LogP contribution in [-0.4, -0.2) is 35.2 Å². The maximum atomic E-state index is 12.6. The predicted octanol–water partition coefficient (Wildman–Crippen LogP) is 3.68. The zero-order chi connectivity index (χ0) is 18.1. The fourth-order valence-corrected chi connectivity index (χ4v) is 2.96. The second-order valence-electron chi connectivity index (χ2n) is 5.80. The van der Waals surface area contributed by atoms with Crippen LogP contribution < -0.4 is 5.32 Å². The Hall–Kier alpha value is -2.11. The average Bonchev–Trinajstić information content (AvgIpc) is 2.64. The Morgan fingerprint density at radius 2 is 1.72 bits per heavy atom. The average molecular weight is 357 g/mol. The van der Waals surface area contributed by atoms with E-state index in [1.165, 1.54) is 0 Å². The number of hydrogen-bond donors (Lipinski definition) is 3. The second kappa shape index (κ2) is 10.0. The highest BCUT2D eigenvalue weighted by atomic mass is 32.1. The second-order valence-corrected chi connectivity index (χ2v) is 6.24. The Morgan fingerprint density at radius 3 is 2.40 bits per heavy atom. The van der Waals surface area contributed by atoms with Crippen LogP contribution in [0.25, 0.3) is 11.1 Å². The van der Waals surface area contributed by atoms with Gasteiger partial charge in [-0.25, -0.2) is 0 Å². The molecule has 0 saturated heterocycles. The summed E-state index contributed by atoms with van der Waals surface area (Å²) in [6.07, 6.45) is 1.44. The molecule has 0 aliphatic rings. The minimum absolute atomic E-state index is 0.0716. The molecule has 0 radical (unpaired) electrons. The van der Waals surface area contributed by atoms with Crippen molar-refractivity contribution < 1.29 is 14.7 Å². The molecular formula is C20H23NO3S. The number of Topliss-reactive ketones (excluding diaryl/α,β-unsaturated/α-hetero) is 1. The van der Waals surface area contributed by atoms with Crippen molar-refractivity contribution in [2.24, 2.45) is 0 Å². The van der Waals surface area contributed by atoms with E-state index in [4.69, 9.17) is 5.11 Å². The molecule has 0 unspecified atom stereocenters. The summed E-state index contributed by atoms with van der Waals surface area (Å²) in [6, 6.07) is 16.8. The van der Waals surface area contributed by atoms with Gasteiger partial charge in [0.15, 0.2) is 5.78 Å². The third kappa shape index (κ3) is 5.73. The number of carbonyl (C=O) groups is 2. The summed E-state index contributed by atoms with van der Waals surface area (Å²) in [4.78, 5) is 23.7. The van der Waals surface area contributed by atoms with Crippen molar-refractivity contribution in [1.82, 2.24) is 5.32 Å². The van der Waals surface area contributed by atoms with E-state index >= 15 is 0 Å². The van der Waals surface area contributed by atoms with Gasteiger partial charge in [0, 0.05) is 12.0 Å². The summed E-state index contributed by atoms with van der Waals surface area (Å²) in [5.41, 5.74) is 2.66. The van der Waals surface area contributed by atoms with E-state index in [1.807, 2.05) is 54.6 Å². The number of ketones is 1. The number of aliphatic carboxylic acids is 1. The Kier molecular flexibility index (Phi) is 7.70. The summed E-state index contributed by atoms with van der Waals surface area (Å²) in [7, 11) is 0. The van der Waals surface area contributed by atoms with Crippen LogP contribution in [0.4, 0.5) is 0 Å². The lowest BCUT2D eigenvalue weighted by Crippen LogP contribution is -2.37. The SMILES string of the molecule is O=C(CCCN[C@@H](CCS)C(=O)O)c1ccccc1-c1ccccc1. The molecule has 0 fully saturated rings. The summed E-state index contributed by atoms with van der Waals surface area (Å²) in [6.45, 7) is 0.490. The smallest absolute Gasteiger partial charge is 0.320 e. The third-order valence-corrected chi connectivity index (χ3v) is 4.26. The zero-order valence-corrected chi connectivity index (χ0v) is 14.9. The molecule has 1 atom stereocenters. The number of nitrogens with one attached hydrogen (secondary N) is 1. The van der Waals surface area contributed by atoms with E-state index in [9.17, 15) is 9.59 Å². The number of carboxylic acids is 1. The molecule has 2 N–H and O–H groups in total. The van der Waals surface area contributed by atoms with Crippen molar-refractivity contribution in [2.45, 2.75) is 25.3 Å². The molecule has 0 aromatic heterocycles. The van der Waals surface area contributed by atoms with Gasteiger partial charge in [0.1, 0.15) is 6.04 Å². The maximum Gasteiger partial charge on any atom is 0.320 e. The first-order chi connectivity index (χ1) is 12.1. The molecule has 0 heterocycles. The molecule has 4 nitrogen and oxygen atoms in total. The molecule has 0 amide bonds. The van der Waals surface area contributed by atoms with E-state index in [0.29, 0.717) is 37.1 Å². The summed E-state index contributed by atoms with van der Waals surface area (Å²) >= 11 is 4.07. The number of hydrogen-bond acceptors (Lipinski definition) is 4. The van der Waals surface area contributed by atoms with Gasteiger partial charge >= 0.3 is 5.97 Å². The van der Waals surface area contributed by atoms with Crippen molar-refractivity contribution in [3.63, 3.8) is 0 Å². The lowest BCUT2D eigenvalue weighted by atomic mass is 9.95. The van der Waals surface area contributed by atoms with Gasteiger partial charge in [0.25, 0.3) is 0 Å². The standard InChI is InChI=1S/C20H23NO3S/c22-19(11-6-13-21-18(12-14-25)20(23)24)17-10-5-4-9-16(17)15-7-2-1-3-8-15/h1-5,7-10,18,21,25H,6,11-14H2,(H,23,24)/t18-/m0/s1. The van der Waals surface area contributed by atoms with Crippen molar-refractivity contribution in [1.29, 1.82) is 0 Å². The Labute approximate surface area is 153 Å². The molecule has 5 heteroatoms. The number of carbonyl (C=O) groups excluding carboxylic acids is 1. The molecule has 132 valence electrons. The van der Waals surface area contributed by atoms with Gasteiger partial charge in [0.05, 0.1) is 0 Å². The van der Waals surface area contributed by atoms with Gasteiger partial charge in [-0.15, -0.1) is 0 Å². The fourth-order valence-electron chi connectivity index (χ4n) is 2.70. The zero-order valence-electron chi connectivity index (χ0n) is 14.0. The van der Waals surface area contributed by atoms with Gasteiger partial charge in [-0.1, -0.05) is 54.6 Å². The van der Waals surface area contributed by atoms with Crippen molar-refractivity contribution in [2.75, 3.05) is 12.3 Å². The van der Waals surface area contributed by atoms with Crippen LogP contribution in [0.5, 0.6) is 0 Å². The van der Waals surface area contributed by atoms with Crippen LogP contribution in [0.1, 0.15) is 29.6 Å². The first-order valence-electron chi connectivity index (χ1n) is 8.38. The van der Waals surface area contributed by atoms with E-state index in [1.54, 1.807) is 0 Å². The normalized spacial score (nSPS) is 11.9. The van der Waals surface area contributed by atoms with E-state index in [2.05, 4.69) is 17.9 Å². The van der Waals surface area contributed by atoms with Crippen LogP contribution >= 0.6 is 12.6 Å². The first-order valence-corrected chi connectivity index (χ1v) is 9.01. The first kappa shape index (κ1) is 19.2. The maximum absolute atomic E-state index is 12.6. The topological polar surface area (TPSA) is 66.4 Å². The van der Waals surface area contributed by atoms with E-state index < -0.39 is 12.0 Å². The third-order valence-electron chi connectivity index (χ3n) is 4.00. The quantitative estimate of drug-likeness (QED) is 0.345. The Bertz CT molecular complexity index is 703. The van der Waals surface area contributed by atoms with Gasteiger partial charge < -0.3 is 10.4 Å². The van der Waals surface area contributed by atoms with Crippen molar-refractivity contribution in [3.05, 3.63) is 60.2 Å². The van der Waals surface area contributed by atoms with Crippen LogP contribution in [0.15, 0.2) is 54.6 Å². The minimum Gasteiger partial charge on any atom is -0.480 e. The van der Waals surface area contributed by atoms with Crippen LogP contribution in [-0.2, 0) is 4.79 Å². The summed E-state index contributed by atoms with van der Waals surface area (Å²) in [5, 5.41) is 12.1. The van der Waals surface area contributed by atoms with E-state index in [0.717, 1.165) is 11.1 Å². The molecular weight excluding hydrogens is 334 g/mol. The van der Waals surface area contributed by atoms with E-state index in [-0.39, 0.29) is 5.78 Å². The van der Waals surface area contributed by atoms with Gasteiger partial charge in [-0.05, 0) is 36.3 Å². The highest BCUT2D eigenvalue weighted by Crippen LogP contribution is 2.24. The molecule has 0 aliphatic heterocycles. The Morgan fingerprint density at radius 1 is 1.04 bits per heavy atom. The van der Waals surface area contributed by atoms with Gasteiger partial charge in [-0.3, -0.25) is 9.59 Å².